The van der Waals surface area contributed by atoms with Crippen LogP contribution in [0, 0.1) is 0 Å². The Morgan fingerprint density at radius 2 is 0.839 bits per heavy atom. The molecule has 56 heavy (non-hydrogen) atoms. The van der Waals surface area contributed by atoms with Crippen molar-refractivity contribution in [3.8, 4) is 33.4 Å². The lowest BCUT2D eigenvalue weighted by molar-refractivity contribution is 0.801. The van der Waals surface area contributed by atoms with E-state index in [0.29, 0.717) is 0 Å². The van der Waals surface area contributed by atoms with Crippen LogP contribution in [0.25, 0.3) is 65.7 Å². The molecule has 0 atom stereocenters. The van der Waals surface area contributed by atoms with E-state index in [0.717, 1.165) is 17.1 Å². The van der Waals surface area contributed by atoms with Crippen LogP contribution < -0.4 is 4.90 Å². The highest BCUT2D eigenvalue weighted by Crippen LogP contribution is 2.64. The molecule has 0 heterocycles. The number of hydrogen-bond acceptors (Lipinski definition) is 1. The van der Waals surface area contributed by atoms with Crippen molar-refractivity contribution >= 4 is 49.4 Å². The maximum Gasteiger partial charge on any atom is 0.0731 e. The summed E-state index contributed by atoms with van der Waals surface area (Å²) < 4.78 is 0. The Morgan fingerprint density at radius 3 is 1.61 bits per heavy atom. The van der Waals surface area contributed by atoms with Crippen molar-refractivity contribution in [2.24, 2.45) is 0 Å². The minimum absolute atomic E-state index is 0.421. The Labute approximate surface area is 326 Å². The first-order valence-corrected chi connectivity index (χ1v) is 19.5. The van der Waals surface area contributed by atoms with Gasteiger partial charge in [-0.2, -0.15) is 0 Å². The van der Waals surface area contributed by atoms with Crippen LogP contribution in [0.4, 0.5) is 17.1 Å². The van der Waals surface area contributed by atoms with Gasteiger partial charge in [-0.3, -0.25) is 0 Å². The van der Waals surface area contributed by atoms with E-state index in [1.54, 1.807) is 0 Å². The lowest BCUT2D eigenvalue weighted by atomic mass is 9.69. The van der Waals surface area contributed by atoms with Crippen molar-refractivity contribution in [1.29, 1.82) is 0 Å². The molecule has 0 radical (unpaired) electrons. The van der Waals surface area contributed by atoms with Crippen molar-refractivity contribution in [3.05, 3.63) is 235 Å². The van der Waals surface area contributed by atoms with E-state index in [9.17, 15) is 0 Å². The number of benzene rings is 10. The molecule has 0 saturated carbocycles. The second kappa shape index (κ2) is 11.9. The van der Waals surface area contributed by atoms with Crippen molar-refractivity contribution in [3.63, 3.8) is 0 Å². The molecule has 0 saturated heterocycles. The molecule has 2 aliphatic rings. The van der Waals surface area contributed by atoms with Gasteiger partial charge in [-0.15, -0.1) is 0 Å². The molecule has 0 bridgehead atoms. The zero-order valence-corrected chi connectivity index (χ0v) is 30.7. The van der Waals surface area contributed by atoms with E-state index >= 15 is 0 Å². The zero-order valence-electron chi connectivity index (χ0n) is 30.7. The van der Waals surface area contributed by atoms with Crippen LogP contribution in [0.1, 0.15) is 22.3 Å². The molecule has 0 amide bonds. The second-order valence-electron chi connectivity index (χ2n) is 15.2. The molecular formula is C55H35N. The molecule has 1 heteroatoms. The van der Waals surface area contributed by atoms with Gasteiger partial charge >= 0.3 is 0 Å². The number of anilines is 3. The predicted octanol–water partition coefficient (Wildman–Crippen LogP) is 14.6. The molecule has 0 aliphatic heterocycles. The van der Waals surface area contributed by atoms with Gasteiger partial charge in [0.1, 0.15) is 0 Å². The molecule has 2 aliphatic carbocycles. The molecule has 260 valence electrons. The first-order chi connectivity index (χ1) is 27.8. The van der Waals surface area contributed by atoms with Gasteiger partial charge in [0, 0.05) is 16.8 Å². The summed E-state index contributed by atoms with van der Waals surface area (Å²) >= 11 is 0. The van der Waals surface area contributed by atoms with Gasteiger partial charge in [-0.1, -0.05) is 176 Å². The highest BCUT2D eigenvalue weighted by Gasteiger charge is 2.52. The Balaban J connectivity index is 1.04. The quantitative estimate of drug-likeness (QED) is 0.176. The summed E-state index contributed by atoms with van der Waals surface area (Å²) in [6.07, 6.45) is 0. The minimum atomic E-state index is -0.421. The molecule has 0 N–H and O–H groups in total. The predicted molar refractivity (Wildman–Crippen MR) is 235 cm³/mol. The summed E-state index contributed by atoms with van der Waals surface area (Å²) in [6, 6.07) is 78.8. The van der Waals surface area contributed by atoms with E-state index < -0.39 is 5.41 Å². The van der Waals surface area contributed by atoms with Crippen LogP contribution in [0.2, 0.25) is 0 Å². The average molecular weight is 710 g/mol. The van der Waals surface area contributed by atoms with Crippen LogP contribution in [-0.2, 0) is 5.41 Å². The lowest BCUT2D eigenvalue weighted by Gasteiger charge is -2.31. The van der Waals surface area contributed by atoms with Gasteiger partial charge < -0.3 is 4.90 Å². The van der Waals surface area contributed by atoms with Crippen LogP contribution in [0.5, 0.6) is 0 Å². The SMILES string of the molecule is c1ccc2c(c1)-c1ccccc1C21c2cc(-c3ccc(N(c4ccc5ccccc5c4)c4cccc5ccccc45)cc3)ccc2-c2ccc3ccccc3c21. The second-order valence-corrected chi connectivity index (χ2v) is 15.2. The van der Waals surface area contributed by atoms with E-state index in [1.165, 1.54) is 88.0 Å². The first-order valence-electron chi connectivity index (χ1n) is 19.5. The fourth-order valence-corrected chi connectivity index (χ4v) is 10.0. The van der Waals surface area contributed by atoms with E-state index in [2.05, 4.69) is 217 Å². The van der Waals surface area contributed by atoms with Crippen molar-refractivity contribution in [2.75, 3.05) is 4.90 Å². The summed E-state index contributed by atoms with van der Waals surface area (Å²) in [4.78, 5) is 2.41. The molecular weight excluding hydrogens is 675 g/mol. The molecule has 10 aromatic carbocycles. The molecule has 12 rings (SSSR count). The monoisotopic (exact) mass is 709 g/mol. The maximum absolute atomic E-state index is 2.49. The van der Waals surface area contributed by atoms with E-state index in [1.807, 2.05) is 0 Å². The number of fused-ring (bicyclic) bond motifs is 14. The summed E-state index contributed by atoms with van der Waals surface area (Å²) in [5.74, 6) is 0. The van der Waals surface area contributed by atoms with Gasteiger partial charge in [0.05, 0.1) is 11.1 Å². The van der Waals surface area contributed by atoms with Gasteiger partial charge in [-0.25, -0.2) is 0 Å². The third-order valence-electron chi connectivity index (χ3n) is 12.4. The molecule has 0 fully saturated rings. The lowest BCUT2D eigenvalue weighted by Crippen LogP contribution is -2.26. The smallest absolute Gasteiger partial charge is 0.0731 e. The molecule has 0 aromatic heterocycles. The Kier molecular flexibility index (Phi) is 6.62. The standard InChI is InChI=1S/C55H35N/c1-2-15-40-34-43(31-26-36(40)12-1)56(53-23-11-16-38-13-3-5-17-44(38)53)42-29-24-37(25-30-42)41-28-32-48-49-33-27-39-14-4-6-18-45(39)54(49)55(52(48)35-41)50-21-9-7-19-46(50)47-20-8-10-22-51(47)55/h1-35H. The molecule has 10 aromatic rings. The minimum Gasteiger partial charge on any atom is -0.310 e. The van der Waals surface area contributed by atoms with Crippen molar-refractivity contribution in [1.82, 2.24) is 0 Å². The highest BCUT2D eigenvalue weighted by molar-refractivity contribution is 6.05. The Bertz CT molecular complexity index is 3160. The Morgan fingerprint density at radius 1 is 0.304 bits per heavy atom. The highest BCUT2D eigenvalue weighted by atomic mass is 15.1. The van der Waals surface area contributed by atoms with Crippen LogP contribution in [0.15, 0.2) is 212 Å². The number of nitrogens with zero attached hydrogens (tertiary/aromatic N) is 1. The van der Waals surface area contributed by atoms with Crippen LogP contribution >= 0.6 is 0 Å². The third kappa shape index (κ3) is 4.31. The molecule has 1 nitrogen and oxygen atoms in total. The van der Waals surface area contributed by atoms with Gasteiger partial charge in [0.25, 0.3) is 0 Å². The van der Waals surface area contributed by atoms with E-state index in [4.69, 9.17) is 0 Å². The van der Waals surface area contributed by atoms with E-state index in [-0.39, 0.29) is 0 Å². The first kappa shape index (κ1) is 31.2. The summed E-state index contributed by atoms with van der Waals surface area (Å²) in [6.45, 7) is 0. The number of hydrogen-bond donors (Lipinski definition) is 0. The van der Waals surface area contributed by atoms with Crippen molar-refractivity contribution in [2.45, 2.75) is 5.41 Å². The van der Waals surface area contributed by atoms with Crippen LogP contribution in [0.3, 0.4) is 0 Å². The fourth-order valence-electron chi connectivity index (χ4n) is 10.0. The zero-order chi connectivity index (χ0) is 36.8. The summed E-state index contributed by atoms with van der Waals surface area (Å²) in [7, 11) is 0. The average Bonchev–Trinajstić information content (AvgIpc) is 3.74. The normalized spacial score (nSPS) is 13.1. The molecule has 0 unspecified atom stereocenters. The maximum atomic E-state index is 2.49. The van der Waals surface area contributed by atoms with Gasteiger partial charge in [0.2, 0.25) is 0 Å². The largest absolute Gasteiger partial charge is 0.310 e. The summed E-state index contributed by atoms with van der Waals surface area (Å²) in [5, 5.41) is 7.51. The van der Waals surface area contributed by atoms with Gasteiger partial charge in [-0.05, 0) is 119 Å². The topological polar surface area (TPSA) is 3.24 Å². The van der Waals surface area contributed by atoms with Gasteiger partial charge in [0.15, 0.2) is 0 Å². The van der Waals surface area contributed by atoms with Crippen LogP contribution in [-0.4, -0.2) is 0 Å². The summed E-state index contributed by atoms with van der Waals surface area (Å²) in [5.41, 5.74) is 16.2. The fraction of sp³-hybridized carbons (Fsp3) is 0.0182. The van der Waals surface area contributed by atoms with Crippen molar-refractivity contribution < 1.29 is 0 Å². The Hall–Kier alpha value is -7.22. The molecule has 1 spiro atoms. The third-order valence-corrected chi connectivity index (χ3v) is 12.4. The number of rotatable bonds is 4.